The van der Waals surface area contributed by atoms with Crippen LogP contribution in [0.5, 0.6) is 0 Å². The van der Waals surface area contributed by atoms with E-state index in [0.29, 0.717) is 54.2 Å². The molecule has 0 unspecified atom stereocenters. The number of rotatable bonds is 9. The number of halogens is 1. The number of Topliss-reactive ketones (excluding diaryl/α,β-unsaturated/α-hetero) is 2. The number of benzene rings is 2. The van der Waals surface area contributed by atoms with E-state index in [2.05, 4.69) is 25.3 Å². The molecule has 2 aliphatic carbocycles. The number of hydrogen-bond donors (Lipinski definition) is 3. The average Bonchev–Trinajstić information content (AvgIpc) is 3.50. The third-order valence-corrected chi connectivity index (χ3v) is 11.4. The molecule has 3 heterocycles. The van der Waals surface area contributed by atoms with Gasteiger partial charge in [-0.1, -0.05) is 109 Å². The highest BCUT2D eigenvalue weighted by molar-refractivity contribution is 14.1. The van der Waals surface area contributed by atoms with Gasteiger partial charge < -0.3 is 21.3 Å². The molecular formula is C40H59IN6O3. The van der Waals surface area contributed by atoms with Gasteiger partial charge in [-0.25, -0.2) is 4.79 Å². The van der Waals surface area contributed by atoms with Crippen molar-refractivity contribution in [3.8, 4) is 0 Å². The fourth-order valence-electron chi connectivity index (χ4n) is 8.55. The summed E-state index contributed by atoms with van der Waals surface area (Å²) in [4.78, 5) is 44.2. The summed E-state index contributed by atoms with van der Waals surface area (Å²) in [5, 5.41) is 6.96. The Kier molecular flexibility index (Phi) is 15.0. The molecule has 274 valence electrons. The zero-order valence-electron chi connectivity index (χ0n) is 30.7. The van der Waals surface area contributed by atoms with Crippen LogP contribution in [-0.4, -0.2) is 113 Å². The van der Waals surface area contributed by atoms with Gasteiger partial charge in [0.1, 0.15) is 0 Å². The van der Waals surface area contributed by atoms with Gasteiger partial charge in [0.15, 0.2) is 11.6 Å². The van der Waals surface area contributed by atoms with E-state index in [1.807, 2.05) is 83.3 Å². The molecule has 2 amide bonds. The first kappa shape index (κ1) is 37.4. The van der Waals surface area contributed by atoms with Gasteiger partial charge in [0.05, 0.1) is 25.2 Å². The van der Waals surface area contributed by atoms with E-state index in [9.17, 15) is 14.4 Å². The Morgan fingerprint density at radius 3 is 1.84 bits per heavy atom. The first-order valence-corrected chi connectivity index (χ1v) is 20.5. The number of carbonyl (C=O) groups excluding carboxylic acids is 3. The molecular weight excluding hydrogens is 739 g/mol. The second-order valence-corrected chi connectivity index (χ2v) is 14.7. The monoisotopic (exact) mass is 799 g/mol. The molecule has 0 bridgehead atoms. The number of nitrogens with two attached hydrogens (primary N) is 1. The Morgan fingerprint density at radius 1 is 0.780 bits per heavy atom. The van der Waals surface area contributed by atoms with Crippen LogP contribution in [0.1, 0.15) is 99.1 Å². The van der Waals surface area contributed by atoms with Crippen LogP contribution < -0.4 is 16.4 Å². The minimum atomic E-state index is 0.135. The minimum Gasteiger partial charge on any atom is -0.333 e. The van der Waals surface area contributed by atoms with E-state index < -0.39 is 0 Å². The Bertz CT molecular complexity index is 1360. The van der Waals surface area contributed by atoms with Crippen LogP contribution in [0.25, 0.3) is 0 Å². The third kappa shape index (κ3) is 10.8. The van der Waals surface area contributed by atoms with Gasteiger partial charge >= 0.3 is 6.03 Å². The van der Waals surface area contributed by atoms with Gasteiger partial charge in [-0.05, 0) is 56.3 Å². The summed E-state index contributed by atoms with van der Waals surface area (Å²) in [5.41, 5.74) is 7.84. The maximum atomic E-state index is 12.4. The quantitative estimate of drug-likeness (QED) is 0.164. The normalized spacial score (nSPS) is 26.7. The lowest BCUT2D eigenvalue weighted by atomic mass is 9.89. The summed E-state index contributed by atoms with van der Waals surface area (Å²) < 4.78 is 6.20. The molecule has 0 radical (unpaired) electrons. The lowest BCUT2D eigenvalue weighted by Gasteiger charge is -2.40. The molecule has 2 aromatic rings. The smallest absolute Gasteiger partial charge is 0.318 e. The van der Waals surface area contributed by atoms with E-state index >= 15 is 0 Å². The lowest BCUT2D eigenvalue weighted by Crippen LogP contribution is -2.53. The topological polar surface area (TPSA) is 111 Å². The predicted molar refractivity (Wildman–Crippen MR) is 210 cm³/mol. The van der Waals surface area contributed by atoms with Gasteiger partial charge in [0.2, 0.25) is 0 Å². The van der Waals surface area contributed by atoms with Crippen molar-refractivity contribution in [1.82, 2.24) is 25.3 Å². The maximum Gasteiger partial charge on any atom is 0.318 e. The maximum absolute atomic E-state index is 12.4. The van der Waals surface area contributed by atoms with Crippen molar-refractivity contribution in [2.24, 2.45) is 5.73 Å². The summed E-state index contributed by atoms with van der Waals surface area (Å²) in [6, 6.07) is 21.7. The molecule has 7 rings (SSSR count). The zero-order chi connectivity index (χ0) is 36.0. The highest BCUT2D eigenvalue weighted by Crippen LogP contribution is 2.32. The van der Waals surface area contributed by atoms with Crippen molar-refractivity contribution >= 4 is 40.2 Å². The summed E-state index contributed by atoms with van der Waals surface area (Å²) in [7, 11) is 0. The van der Waals surface area contributed by atoms with Gasteiger partial charge in [-0.15, -0.1) is 0 Å². The van der Waals surface area contributed by atoms with E-state index in [1.54, 1.807) is 0 Å². The number of urea groups is 1. The second kappa shape index (κ2) is 20.0. The number of ketones is 2. The molecule has 5 fully saturated rings. The molecule has 3 saturated heterocycles. The number of alkyl halides is 1. The average molecular weight is 800 g/mol. The Hall–Kier alpha value is -2.38. The van der Waals surface area contributed by atoms with E-state index in [-0.39, 0.29) is 17.6 Å². The number of piperidine rings is 2. The van der Waals surface area contributed by atoms with Crippen LogP contribution in [0.4, 0.5) is 4.79 Å². The van der Waals surface area contributed by atoms with Crippen LogP contribution in [0.2, 0.25) is 0 Å². The first-order valence-electron chi connectivity index (χ1n) is 19.6. The Balaban J connectivity index is 0.000000184. The van der Waals surface area contributed by atoms with Crippen molar-refractivity contribution < 1.29 is 15.8 Å². The predicted octanol–water partition coefficient (Wildman–Crippen LogP) is 5.91. The Labute approximate surface area is 315 Å². The zero-order valence-corrected chi connectivity index (χ0v) is 31.9. The molecule has 9 nitrogen and oxygen atoms in total. The fourth-order valence-corrected chi connectivity index (χ4v) is 8.55. The second-order valence-electron chi connectivity index (χ2n) is 14.7. The highest BCUT2D eigenvalue weighted by Gasteiger charge is 2.44. The van der Waals surface area contributed by atoms with Crippen molar-refractivity contribution in [1.29, 1.82) is 0 Å². The van der Waals surface area contributed by atoms with Crippen molar-refractivity contribution in [3.05, 3.63) is 71.8 Å². The highest BCUT2D eigenvalue weighted by atomic mass is 127. The van der Waals surface area contributed by atoms with Crippen molar-refractivity contribution in [3.63, 3.8) is 0 Å². The van der Waals surface area contributed by atoms with E-state index in [4.69, 9.17) is 7.10 Å². The number of carbonyl (C=O) groups is 3. The number of fused-ring (bicyclic) bond motifs is 1. The Morgan fingerprint density at radius 2 is 1.28 bits per heavy atom. The molecule has 5 aliphatic rings. The van der Waals surface area contributed by atoms with Crippen LogP contribution in [-0.2, 0) is 0 Å². The molecule has 3 aliphatic heterocycles. The first-order chi connectivity index (χ1) is 24.9. The van der Waals surface area contributed by atoms with Crippen molar-refractivity contribution in [2.75, 3.05) is 44.2 Å². The van der Waals surface area contributed by atoms with Crippen LogP contribution in [0, 0.1) is 0 Å². The van der Waals surface area contributed by atoms with Crippen LogP contribution >= 0.6 is 22.6 Å². The molecule has 10 heteroatoms. The van der Waals surface area contributed by atoms with Gasteiger partial charge in [-0.2, -0.15) is 0 Å². The summed E-state index contributed by atoms with van der Waals surface area (Å²) in [6.45, 7) is 4.81. The third-order valence-electron chi connectivity index (χ3n) is 11.4. The number of amides is 2. The standard InChI is InChI=1S/C20H27N3O2.C19H29N3O.CH3I/c24-19(15-6-2-1-3-7-15)14-22-12-10-16(11-13-22)23-18-9-5-4-8-17(18)21-20(23)25;20-17-8-4-5-9-18(17)21-16-10-12-22(13-11-16)14-19(23)15-6-2-1-3-7-15;1-2/h1-3,6-7,16-18H,4-5,8-14H2,(H,21,25);1-3,6-7,16-18,21H,4-5,8-14,20H2;1H3/t2*17-,18+;/m11./s1/i;;1D. The van der Waals surface area contributed by atoms with Crippen LogP contribution in [0.3, 0.4) is 0 Å². The molecule has 2 saturated carbocycles. The lowest BCUT2D eigenvalue weighted by molar-refractivity contribution is 0.0813. The summed E-state index contributed by atoms with van der Waals surface area (Å²) in [6.07, 6.45) is 13.8. The largest absolute Gasteiger partial charge is 0.333 e. The van der Waals surface area contributed by atoms with Crippen LogP contribution in [0.15, 0.2) is 60.7 Å². The summed E-state index contributed by atoms with van der Waals surface area (Å²) >= 11 is 1.96. The minimum absolute atomic E-state index is 0.135. The number of hydrogen-bond acceptors (Lipinski definition) is 7. The number of likely N-dealkylation sites (tertiary alicyclic amines) is 2. The summed E-state index contributed by atoms with van der Waals surface area (Å²) in [5.74, 6) is 0.414. The fraction of sp³-hybridized carbons (Fsp3) is 0.625. The van der Waals surface area contributed by atoms with Gasteiger partial charge in [0, 0.05) is 62.8 Å². The molecule has 4 N–H and O–H groups in total. The number of nitrogens with zero attached hydrogens (tertiary/aromatic N) is 3. The van der Waals surface area contributed by atoms with Gasteiger partial charge in [-0.3, -0.25) is 19.4 Å². The number of nitrogens with one attached hydrogen (secondary N) is 2. The molecule has 50 heavy (non-hydrogen) atoms. The van der Waals surface area contributed by atoms with Crippen molar-refractivity contribution in [2.45, 2.75) is 113 Å². The molecule has 2 aromatic carbocycles. The van der Waals surface area contributed by atoms with Gasteiger partial charge in [0.25, 0.3) is 0 Å². The molecule has 0 aromatic heterocycles. The van der Waals surface area contributed by atoms with E-state index in [0.717, 1.165) is 82.3 Å². The SMILES string of the molecule is N[C@@H]1CCCC[C@@H]1NC1CCN(CC(=O)c2ccccc2)CC1.O=C(CN1CCC(N2C(=O)N[C@@H]3CCCC[C@@H]32)CC1)c1ccccc1.[2H]CI. The van der Waals surface area contributed by atoms with E-state index in [1.165, 1.54) is 32.1 Å². The molecule has 0 spiro atoms. The molecule has 4 atom stereocenters.